The fourth-order valence-corrected chi connectivity index (χ4v) is 2.67. The summed E-state index contributed by atoms with van der Waals surface area (Å²) in [5.74, 6) is 0. The van der Waals surface area contributed by atoms with Crippen LogP contribution in [-0.4, -0.2) is 6.54 Å². The number of unbranched alkanes of at least 4 members (excludes halogenated alkanes) is 7. The third kappa shape index (κ3) is 7.91. The molecule has 0 amide bonds. The van der Waals surface area contributed by atoms with Gasteiger partial charge < -0.3 is 5.32 Å². The average molecular weight is 296 g/mol. The molecule has 0 spiro atoms. The maximum absolute atomic E-state index is 6.02. The van der Waals surface area contributed by atoms with Crippen molar-refractivity contribution in [3.8, 4) is 0 Å². The van der Waals surface area contributed by atoms with Gasteiger partial charge in [0, 0.05) is 11.1 Å². The Morgan fingerprint density at radius 1 is 1.00 bits per heavy atom. The molecule has 2 heteroatoms. The van der Waals surface area contributed by atoms with Crippen LogP contribution < -0.4 is 5.32 Å². The predicted octanol–water partition coefficient (Wildman–Crippen LogP) is 6.13. The zero-order valence-corrected chi connectivity index (χ0v) is 13.9. The maximum atomic E-state index is 6.02. The van der Waals surface area contributed by atoms with E-state index in [0.717, 1.165) is 11.6 Å². The highest BCUT2D eigenvalue weighted by molar-refractivity contribution is 6.30. The van der Waals surface area contributed by atoms with Crippen LogP contribution >= 0.6 is 11.6 Å². The lowest BCUT2D eigenvalue weighted by molar-refractivity contribution is 0.521. The molecule has 0 unspecified atom stereocenters. The molecule has 0 aliphatic rings. The van der Waals surface area contributed by atoms with E-state index >= 15 is 0 Å². The lowest BCUT2D eigenvalue weighted by Gasteiger charge is -2.14. The van der Waals surface area contributed by atoms with Crippen molar-refractivity contribution in [3.05, 3.63) is 34.9 Å². The highest BCUT2D eigenvalue weighted by Crippen LogP contribution is 2.17. The Morgan fingerprint density at radius 3 is 2.30 bits per heavy atom. The van der Waals surface area contributed by atoms with E-state index in [1.165, 1.54) is 56.9 Å². The van der Waals surface area contributed by atoms with Crippen LogP contribution in [0.15, 0.2) is 24.3 Å². The summed E-state index contributed by atoms with van der Waals surface area (Å²) in [4.78, 5) is 0. The lowest BCUT2D eigenvalue weighted by Crippen LogP contribution is -2.19. The minimum atomic E-state index is 0.387. The van der Waals surface area contributed by atoms with Gasteiger partial charge in [-0.05, 0) is 37.6 Å². The van der Waals surface area contributed by atoms with Crippen molar-refractivity contribution in [2.24, 2.45) is 0 Å². The van der Waals surface area contributed by atoms with Crippen molar-refractivity contribution in [3.63, 3.8) is 0 Å². The van der Waals surface area contributed by atoms with Gasteiger partial charge in [0.2, 0.25) is 0 Å². The van der Waals surface area contributed by atoms with E-state index in [9.17, 15) is 0 Å². The first-order valence-electron chi connectivity index (χ1n) is 8.23. The second-order valence-corrected chi connectivity index (χ2v) is 6.14. The molecule has 0 aliphatic heterocycles. The molecule has 0 aliphatic carbocycles. The van der Waals surface area contributed by atoms with E-state index < -0.39 is 0 Å². The van der Waals surface area contributed by atoms with Crippen LogP contribution in [0.5, 0.6) is 0 Å². The predicted molar refractivity (Wildman–Crippen MR) is 90.5 cm³/mol. The molecule has 0 bridgehead atoms. The van der Waals surface area contributed by atoms with E-state index in [0.29, 0.717) is 6.04 Å². The molecule has 0 aromatic heterocycles. The van der Waals surface area contributed by atoms with Gasteiger partial charge in [-0.2, -0.15) is 0 Å². The van der Waals surface area contributed by atoms with Gasteiger partial charge in [0.1, 0.15) is 0 Å². The molecule has 1 aromatic rings. The van der Waals surface area contributed by atoms with Gasteiger partial charge in [0.15, 0.2) is 0 Å². The fourth-order valence-electron chi connectivity index (χ4n) is 2.47. The number of halogens is 1. The first-order chi connectivity index (χ1) is 9.74. The van der Waals surface area contributed by atoms with Gasteiger partial charge in [0.05, 0.1) is 0 Å². The van der Waals surface area contributed by atoms with Gasteiger partial charge >= 0.3 is 0 Å². The number of hydrogen-bond acceptors (Lipinski definition) is 1. The van der Waals surface area contributed by atoms with Crippen LogP contribution in [0.25, 0.3) is 0 Å². The molecule has 1 atom stereocenters. The second kappa shape index (κ2) is 11.2. The highest BCUT2D eigenvalue weighted by Gasteiger charge is 2.04. The largest absolute Gasteiger partial charge is 0.310 e. The Hall–Kier alpha value is -0.530. The van der Waals surface area contributed by atoms with Gasteiger partial charge in [-0.25, -0.2) is 0 Å². The molecule has 114 valence electrons. The van der Waals surface area contributed by atoms with Crippen molar-refractivity contribution < 1.29 is 0 Å². The summed E-state index contributed by atoms with van der Waals surface area (Å²) < 4.78 is 0. The first kappa shape index (κ1) is 17.5. The minimum absolute atomic E-state index is 0.387. The Bertz CT molecular complexity index is 351. The molecule has 0 saturated heterocycles. The molecular formula is C18H30ClN. The van der Waals surface area contributed by atoms with E-state index in [-0.39, 0.29) is 0 Å². The number of rotatable bonds is 11. The molecule has 1 aromatic carbocycles. The van der Waals surface area contributed by atoms with Crippen LogP contribution in [0.4, 0.5) is 0 Å². The fraction of sp³-hybridized carbons (Fsp3) is 0.667. The number of benzene rings is 1. The molecule has 0 radical (unpaired) electrons. The maximum Gasteiger partial charge on any atom is 0.0409 e. The summed E-state index contributed by atoms with van der Waals surface area (Å²) in [6.07, 6.45) is 11.0. The molecule has 20 heavy (non-hydrogen) atoms. The first-order valence-corrected chi connectivity index (χ1v) is 8.60. The van der Waals surface area contributed by atoms with E-state index in [1.807, 2.05) is 18.2 Å². The van der Waals surface area contributed by atoms with Crippen molar-refractivity contribution >= 4 is 11.6 Å². The van der Waals surface area contributed by atoms with Crippen molar-refractivity contribution in [2.75, 3.05) is 6.54 Å². The topological polar surface area (TPSA) is 12.0 Å². The number of nitrogens with one attached hydrogen (secondary N) is 1. The van der Waals surface area contributed by atoms with Crippen LogP contribution in [0.2, 0.25) is 5.02 Å². The lowest BCUT2D eigenvalue weighted by atomic mass is 10.1. The Morgan fingerprint density at radius 2 is 1.65 bits per heavy atom. The second-order valence-electron chi connectivity index (χ2n) is 5.71. The van der Waals surface area contributed by atoms with Gasteiger partial charge in [-0.1, -0.05) is 75.6 Å². The normalized spacial score (nSPS) is 12.6. The zero-order chi connectivity index (χ0) is 14.6. The smallest absolute Gasteiger partial charge is 0.0409 e. The minimum Gasteiger partial charge on any atom is -0.310 e. The molecule has 1 N–H and O–H groups in total. The molecule has 0 saturated carbocycles. The summed E-state index contributed by atoms with van der Waals surface area (Å²) in [7, 11) is 0. The zero-order valence-electron chi connectivity index (χ0n) is 13.1. The van der Waals surface area contributed by atoms with Crippen LogP contribution in [-0.2, 0) is 0 Å². The van der Waals surface area contributed by atoms with Crippen LogP contribution in [0, 0.1) is 0 Å². The third-order valence-electron chi connectivity index (χ3n) is 3.83. The Kier molecular flexibility index (Phi) is 9.78. The Balaban J connectivity index is 2.01. The molecule has 1 rings (SSSR count). The summed E-state index contributed by atoms with van der Waals surface area (Å²) >= 11 is 6.02. The molecular weight excluding hydrogens is 266 g/mol. The monoisotopic (exact) mass is 295 g/mol. The van der Waals surface area contributed by atoms with E-state index in [4.69, 9.17) is 11.6 Å². The van der Waals surface area contributed by atoms with Gasteiger partial charge in [-0.3, -0.25) is 0 Å². The molecule has 1 nitrogen and oxygen atoms in total. The van der Waals surface area contributed by atoms with Crippen molar-refractivity contribution in [2.45, 2.75) is 71.3 Å². The van der Waals surface area contributed by atoms with E-state index in [1.54, 1.807) is 0 Å². The Labute approximate surface area is 130 Å². The van der Waals surface area contributed by atoms with E-state index in [2.05, 4.69) is 25.2 Å². The van der Waals surface area contributed by atoms with Crippen LogP contribution in [0.3, 0.4) is 0 Å². The standard InChI is InChI=1S/C18H30ClN/c1-3-4-5-6-7-8-9-10-14-20-16(2)17-12-11-13-18(19)15-17/h11-13,15-16,20H,3-10,14H2,1-2H3/t16-/m0/s1. The average Bonchev–Trinajstić information content (AvgIpc) is 2.45. The summed E-state index contributed by atoms with van der Waals surface area (Å²) in [6.45, 7) is 5.58. The van der Waals surface area contributed by atoms with Crippen molar-refractivity contribution in [1.82, 2.24) is 5.32 Å². The third-order valence-corrected chi connectivity index (χ3v) is 4.06. The SMILES string of the molecule is CCCCCCCCCCN[C@@H](C)c1cccc(Cl)c1. The van der Waals surface area contributed by atoms with Gasteiger partial charge in [-0.15, -0.1) is 0 Å². The summed E-state index contributed by atoms with van der Waals surface area (Å²) in [5, 5.41) is 4.40. The number of hydrogen-bond donors (Lipinski definition) is 1. The summed E-state index contributed by atoms with van der Waals surface area (Å²) in [5.41, 5.74) is 1.28. The van der Waals surface area contributed by atoms with Crippen LogP contribution in [0.1, 0.15) is 76.8 Å². The molecule has 0 heterocycles. The van der Waals surface area contributed by atoms with Gasteiger partial charge in [0.25, 0.3) is 0 Å². The quantitative estimate of drug-likeness (QED) is 0.484. The molecule has 0 fully saturated rings. The van der Waals surface area contributed by atoms with Crippen molar-refractivity contribution in [1.29, 1.82) is 0 Å². The highest BCUT2D eigenvalue weighted by atomic mass is 35.5. The summed E-state index contributed by atoms with van der Waals surface area (Å²) in [6, 6.07) is 8.52.